The zero-order valence-corrected chi connectivity index (χ0v) is 33.5. The molecular weight excluding hydrogens is 734 g/mol. The number of epoxide rings is 1. The summed E-state index contributed by atoms with van der Waals surface area (Å²) in [6, 6.07) is 2.63. The summed E-state index contributed by atoms with van der Waals surface area (Å²) < 4.78 is 29.3. The van der Waals surface area contributed by atoms with Gasteiger partial charge in [0.15, 0.2) is 5.72 Å². The molecule has 3 heterocycles. The lowest BCUT2D eigenvalue weighted by Gasteiger charge is -2.42. The Bertz CT molecular complexity index is 1640. The molecule has 288 valence electrons. The molecular formula is C36H50ClN3O10S2. The van der Waals surface area contributed by atoms with Gasteiger partial charge in [-0.1, -0.05) is 53.5 Å². The van der Waals surface area contributed by atoms with Crippen molar-refractivity contribution < 1.29 is 48.0 Å². The van der Waals surface area contributed by atoms with Crippen molar-refractivity contribution in [2.45, 2.75) is 95.2 Å². The van der Waals surface area contributed by atoms with Crippen LogP contribution in [0.25, 0.3) is 0 Å². The van der Waals surface area contributed by atoms with E-state index < -0.39 is 75.1 Å². The van der Waals surface area contributed by atoms with E-state index in [1.807, 2.05) is 19.3 Å². The SMILES string of the molecule is COc1cc2cc(c1Cl)N(C)C(=O)C[C@H](OC(=O)[C@H](CCS(C)=S)N(C)C(C)=O)[C@]1(C)OC1[C@H](C)[C@@H]1C[C@@](O)(NC(=O)O1)[C@H](OC)C=CC=C(C)C2. The van der Waals surface area contributed by atoms with Crippen molar-refractivity contribution in [1.82, 2.24) is 10.2 Å². The minimum Gasteiger partial charge on any atom is -0.495 e. The predicted octanol–water partition coefficient (Wildman–Crippen LogP) is 3.61. The minimum absolute atomic E-state index is 0.0524. The second-order valence-corrected chi connectivity index (χ2v) is 17.6. The number of hydrogen-bond acceptors (Lipinski definition) is 11. The van der Waals surface area contributed by atoms with Crippen molar-refractivity contribution >= 4 is 61.8 Å². The molecule has 0 saturated carbocycles. The first-order valence-electron chi connectivity index (χ1n) is 17.0. The quantitative estimate of drug-likeness (QED) is 0.294. The van der Waals surface area contributed by atoms with Crippen LogP contribution in [0.4, 0.5) is 10.5 Å². The number of carbonyl (C=O) groups is 4. The number of halogens is 1. The maximum atomic E-state index is 14.2. The van der Waals surface area contributed by atoms with Gasteiger partial charge >= 0.3 is 12.1 Å². The van der Waals surface area contributed by atoms with Gasteiger partial charge in [-0.15, -0.1) is 9.45 Å². The molecule has 0 aliphatic carbocycles. The lowest BCUT2D eigenvalue weighted by atomic mass is 9.83. The molecule has 2 unspecified atom stereocenters. The van der Waals surface area contributed by atoms with Crippen LogP contribution in [-0.4, -0.2) is 116 Å². The topological polar surface area (TPSA) is 156 Å². The zero-order valence-electron chi connectivity index (χ0n) is 31.1. The van der Waals surface area contributed by atoms with Gasteiger partial charge in [0.1, 0.15) is 40.7 Å². The number of amides is 3. The predicted molar refractivity (Wildman–Crippen MR) is 201 cm³/mol. The number of alkyl carbamates (subject to hydrolysis) is 1. The van der Waals surface area contributed by atoms with Crippen LogP contribution in [0.3, 0.4) is 0 Å². The van der Waals surface area contributed by atoms with Crippen molar-refractivity contribution in [1.29, 1.82) is 0 Å². The third-order valence-electron chi connectivity index (χ3n) is 10.1. The maximum absolute atomic E-state index is 14.2. The number of benzene rings is 1. The summed E-state index contributed by atoms with van der Waals surface area (Å²) in [7, 11) is 5.59. The van der Waals surface area contributed by atoms with Crippen molar-refractivity contribution in [2.24, 2.45) is 5.92 Å². The Balaban J connectivity index is 1.81. The van der Waals surface area contributed by atoms with E-state index in [0.29, 0.717) is 23.6 Å². The van der Waals surface area contributed by atoms with Gasteiger partial charge < -0.3 is 38.6 Å². The van der Waals surface area contributed by atoms with Gasteiger partial charge in [0, 0.05) is 46.2 Å². The van der Waals surface area contributed by atoms with E-state index >= 15 is 0 Å². The van der Waals surface area contributed by atoms with Gasteiger partial charge in [0.2, 0.25) is 11.8 Å². The van der Waals surface area contributed by atoms with Crippen LogP contribution >= 0.6 is 11.6 Å². The van der Waals surface area contributed by atoms with Gasteiger partial charge in [-0.2, -0.15) is 0 Å². The molecule has 52 heavy (non-hydrogen) atoms. The Morgan fingerprint density at radius 1 is 1.29 bits per heavy atom. The van der Waals surface area contributed by atoms with E-state index in [1.165, 1.54) is 38.0 Å². The number of aliphatic hydroxyl groups is 1. The van der Waals surface area contributed by atoms with Gasteiger partial charge in [0.05, 0.1) is 25.3 Å². The number of hydrogen-bond donors (Lipinski definition) is 2. The molecule has 13 nitrogen and oxygen atoms in total. The van der Waals surface area contributed by atoms with Crippen molar-refractivity contribution in [3.05, 3.63) is 46.5 Å². The molecule has 4 bridgehead atoms. The second kappa shape index (κ2) is 16.9. The fourth-order valence-corrected chi connectivity index (χ4v) is 7.95. The van der Waals surface area contributed by atoms with Gasteiger partial charge in [-0.05, 0) is 50.6 Å². The molecule has 1 aromatic rings. The molecule has 0 spiro atoms. The van der Waals surface area contributed by atoms with Crippen molar-refractivity contribution in [3.63, 3.8) is 0 Å². The highest BCUT2D eigenvalue weighted by Gasteiger charge is 2.64. The fraction of sp³-hybridized carbons (Fsp3) is 0.611. The van der Waals surface area contributed by atoms with Gasteiger partial charge in [0.25, 0.3) is 0 Å². The molecule has 2 saturated heterocycles. The number of rotatable bonds is 8. The number of allylic oxidation sites excluding steroid dienone is 3. The number of anilines is 1. The number of nitrogens with one attached hydrogen (secondary N) is 1. The summed E-state index contributed by atoms with van der Waals surface area (Å²) in [5, 5.41) is 14.5. The number of nitrogens with zero attached hydrogens (tertiary/aromatic N) is 2. The average Bonchev–Trinajstić information content (AvgIpc) is 3.77. The third kappa shape index (κ3) is 9.34. The summed E-state index contributed by atoms with van der Waals surface area (Å²) >= 11 is 12.1. The average molecular weight is 784 g/mol. The van der Waals surface area contributed by atoms with Crippen molar-refractivity contribution in [2.75, 3.05) is 45.2 Å². The van der Waals surface area contributed by atoms with E-state index in [0.717, 1.165) is 11.1 Å². The minimum atomic E-state index is -1.83. The van der Waals surface area contributed by atoms with Crippen LogP contribution in [0.5, 0.6) is 5.75 Å². The largest absolute Gasteiger partial charge is 0.495 e. The highest BCUT2D eigenvalue weighted by Crippen LogP contribution is 2.49. The van der Waals surface area contributed by atoms with Crippen LogP contribution in [-0.2, 0) is 60.4 Å². The molecule has 0 radical (unpaired) electrons. The van der Waals surface area contributed by atoms with E-state index in [9.17, 15) is 24.3 Å². The first-order chi connectivity index (χ1) is 24.3. The molecule has 3 aliphatic rings. The van der Waals surface area contributed by atoms with E-state index in [1.54, 1.807) is 45.2 Å². The number of fused-ring (bicyclic) bond motifs is 5. The van der Waals surface area contributed by atoms with Gasteiger partial charge in [-0.3, -0.25) is 14.9 Å². The molecule has 2 N–H and O–H groups in total. The second-order valence-electron chi connectivity index (χ2n) is 13.9. The zero-order chi connectivity index (χ0) is 38.7. The Kier molecular flexibility index (Phi) is 13.6. The van der Waals surface area contributed by atoms with Crippen LogP contribution in [0.2, 0.25) is 5.02 Å². The lowest BCUT2D eigenvalue weighted by molar-refractivity contribution is -0.162. The summed E-state index contributed by atoms with van der Waals surface area (Å²) in [6.07, 6.45) is 3.05. The Hall–Kier alpha value is -3.08. The lowest BCUT2D eigenvalue weighted by Crippen LogP contribution is -2.63. The Labute approximate surface area is 317 Å². The molecule has 1 aromatic carbocycles. The molecule has 3 amide bonds. The molecule has 9 atom stereocenters. The van der Waals surface area contributed by atoms with Crippen LogP contribution < -0.4 is 15.0 Å². The maximum Gasteiger partial charge on any atom is 0.409 e. The number of esters is 1. The van der Waals surface area contributed by atoms with Crippen LogP contribution in [0.1, 0.15) is 52.5 Å². The number of carbonyl (C=O) groups excluding carboxylic acids is 4. The highest BCUT2D eigenvalue weighted by molar-refractivity contribution is 8.28. The van der Waals surface area contributed by atoms with Crippen molar-refractivity contribution in [3.8, 4) is 5.75 Å². The number of likely N-dealkylation sites (N-methyl/N-ethyl adjacent to an activating group) is 1. The summed E-state index contributed by atoms with van der Waals surface area (Å²) in [5.41, 5.74) is -0.927. The highest BCUT2D eigenvalue weighted by atomic mass is 35.5. The summed E-state index contributed by atoms with van der Waals surface area (Å²) in [5.74, 6) is -1.14. The van der Waals surface area contributed by atoms with Crippen LogP contribution in [0.15, 0.2) is 35.9 Å². The van der Waals surface area contributed by atoms with Crippen LogP contribution in [0, 0.1) is 5.92 Å². The standard InChI is InChI=1S/C36H50ClN3O10S2/c1-20-11-10-12-28(47-8)36(45)19-27(48-34(44)38-36)21(2)32-35(4,50-32)29(49-33(43)24(13-14-52(9)51)39(5)22(3)41)18-30(42)40(6)25-16-23(15-20)17-26(46-7)31(25)37/h10-12,16-17,21,24,27-29,32,45H,13-15,18-19H2,1-9H3,(H,38,44)/t21-,24+,27+,28-,29+,32?,35+,36+,52?/m1/s1. The molecule has 3 aliphatic heterocycles. The third-order valence-corrected chi connectivity index (χ3v) is 11.8. The first-order valence-corrected chi connectivity index (χ1v) is 20.1. The number of ether oxygens (including phenoxy) is 5. The molecule has 4 rings (SSSR count). The van der Waals surface area contributed by atoms with E-state index in [-0.39, 0.29) is 30.2 Å². The first kappa shape index (κ1) is 41.7. The van der Waals surface area contributed by atoms with E-state index in [4.69, 9.17) is 46.5 Å². The number of methoxy groups -OCH3 is 2. The summed E-state index contributed by atoms with van der Waals surface area (Å²) in [6.45, 7) is 6.80. The Morgan fingerprint density at radius 3 is 2.60 bits per heavy atom. The fourth-order valence-electron chi connectivity index (χ4n) is 6.79. The smallest absolute Gasteiger partial charge is 0.409 e. The van der Waals surface area contributed by atoms with Gasteiger partial charge in [-0.25, -0.2) is 9.59 Å². The molecule has 2 fully saturated rings. The molecule has 16 heteroatoms. The monoisotopic (exact) mass is 783 g/mol. The Morgan fingerprint density at radius 2 is 1.98 bits per heavy atom. The molecule has 0 aromatic heterocycles. The summed E-state index contributed by atoms with van der Waals surface area (Å²) in [4.78, 5) is 56.1. The van der Waals surface area contributed by atoms with E-state index in [2.05, 4.69) is 5.32 Å². The normalized spacial score (nSPS) is 30.6.